The van der Waals surface area contributed by atoms with Gasteiger partial charge in [-0.1, -0.05) is 18.2 Å². The molecule has 1 aromatic carbocycles. The minimum Gasteiger partial charge on any atom is -0.491 e. The van der Waals surface area contributed by atoms with Crippen LogP contribution in [0, 0.1) is 6.92 Å². The normalized spacial score (nSPS) is 15.4. The molecule has 9 heteroatoms. The molecule has 9 nitrogen and oxygen atoms in total. The highest BCUT2D eigenvalue weighted by molar-refractivity contribution is 5.74. The van der Waals surface area contributed by atoms with E-state index < -0.39 is 17.4 Å². The first-order valence-electron chi connectivity index (χ1n) is 10.7. The summed E-state index contributed by atoms with van der Waals surface area (Å²) in [5.41, 5.74) is 0.804. The number of ether oxygens (including phenoxy) is 1. The van der Waals surface area contributed by atoms with Gasteiger partial charge >= 0.3 is 5.69 Å². The third kappa shape index (κ3) is 3.97. The lowest BCUT2D eigenvalue weighted by Gasteiger charge is -2.28. The van der Waals surface area contributed by atoms with E-state index in [1.807, 2.05) is 31.2 Å². The van der Waals surface area contributed by atoms with Crippen LogP contribution in [0.4, 0.5) is 5.95 Å². The molecule has 1 saturated heterocycles. The van der Waals surface area contributed by atoms with Crippen molar-refractivity contribution in [2.24, 2.45) is 14.1 Å². The van der Waals surface area contributed by atoms with Crippen molar-refractivity contribution < 1.29 is 9.84 Å². The Bertz CT molecular complexity index is 1200. The van der Waals surface area contributed by atoms with E-state index in [9.17, 15) is 14.7 Å². The zero-order chi connectivity index (χ0) is 22.1. The highest BCUT2D eigenvalue weighted by atomic mass is 16.5. The third-order valence-corrected chi connectivity index (χ3v) is 5.88. The number of aromatic nitrogens is 4. The molecule has 0 aliphatic carbocycles. The highest BCUT2D eigenvalue weighted by Gasteiger charge is 2.25. The number of aryl methyl sites for hydroxylation is 2. The Kier molecular flexibility index (Phi) is 5.86. The largest absolute Gasteiger partial charge is 0.491 e. The van der Waals surface area contributed by atoms with Gasteiger partial charge in [-0.3, -0.25) is 13.9 Å². The molecule has 31 heavy (non-hydrogen) atoms. The van der Waals surface area contributed by atoms with E-state index in [1.54, 1.807) is 11.6 Å². The van der Waals surface area contributed by atoms with Crippen LogP contribution in [0.25, 0.3) is 11.2 Å². The van der Waals surface area contributed by atoms with Crippen LogP contribution < -0.4 is 20.9 Å². The van der Waals surface area contributed by atoms with Gasteiger partial charge < -0.3 is 19.3 Å². The van der Waals surface area contributed by atoms with Crippen molar-refractivity contribution in [2.45, 2.75) is 38.8 Å². The Morgan fingerprint density at radius 3 is 2.52 bits per heavy atom. The second kappa shape index (κ2) is 8.58. The van der Waals surface area contributed by atoms with Gasteiger partial charge in [-0.25, -0.2) is 4.79 Å². The summed E-state index contributed by atoms with van der Waals surface area (Å²) in [5, 5.41) is 10.8. The summed E-state index contributed by atoms with van der Waals surface area (Å²) in [6, 6.07) is 7.63. The second-order valence-corrected chi connectivity index (χ2v) is 8.18. The number of hydrogen-bond donors (Lipinski definition) is 1. The van der Waals surface area contributed by atoms with E-state index in [4.69, 9.17) is 4.74 Å². The molecule has 3 aromatic rings. The van der Waals surface area contributed by atoms with Crippen molar-refractivity contribution in [3.05, 3.63) is 50.7 Å². The summed E-state index contributed by atoms with van der Waals surface area (Å²) in [5.74, 6) is 1.33. The molecule has 1 atom stereocenters. The summed E-state index contributed by atoms with van der Waals surface area (Å²) in [6.07, 6.45) is 2.38. The van der Waals surface area contributed by atoms with Crippen LogP contribution >= 0.6 is 0 Å². The fraction of sp³-hybridized carbons (Fsp3) is 0.500. The fourth-order valence-corrected chi connectivity index (χ4v) is 4.11. The number of aliphatic hydroxyl groups excluding tert-OH is 1. The molecule has 0 radical (unpaired) electrons. The Hall–Kier alpha value is -3.07. The lowest BCUT2D eigenvalue weighted by atomic mass is 10.1. The van der Waals surface area contributed by atoms with Gasteiger partial charge in [0, 0.05) is 27.2 Å². The van der Waals surface area contributed by atoms with Gasteiger partial charge in [0.05, 0.1) is 6.54 Å². The predicted molar refractivity (Wildman–Crippen MR) is 119 cm³/mol. The predicted octanol–water partition coefficient (Wildman–Crippen LogP) is 1.17. The van der Waals surface area contributed by atoms with E-state index >= 15 is 0 Å². The lowest BCUT2D eigenvalue weighted by Crippen LogP contribution is -2.38. The molecule has 1 N–H and O–H groups in total. The summed E-state index contributed by atoms with van der Waals surface area (Å²) in [4.78, 5) is 32.2. The van der Waals surface area contributed by atoms with Crippen molar-refractivity contribution in [2.75, 3.05) is 24.6 Å². The SMILES string of the molecule is Cc1ccccc1OC[C@@H](O)Cn1c(N2CCCCC2)nc2c1c(=O)n(C)c(=O)n2C. The average molecular weight is 428 g/mol. The van der Waals surface area contributed by atoms with E-state index in [2.05, 4.69) is 9.88 Å². The molecule has 0 bridgehead atoms. The number of benzene rings is 1. The van der Waals surface area contributed by atoms with Gasteiger partial charge in [0.15, 0.2) is 11.2 Å². The zero-order valence-corrected chi connectivity index (χ0v) is 18.2. The molecular weight excluding hydrogens is 398 g/mol. The van der Waals surface area contributed by atoms with E-state index in [0.717, 1.165) is 42.5 Å². The maximum Gasteiger partial charge on any atom is 0.332 e. The molecule has 1 aliphatic rings. The molecule has 2 aromatic heterocycles. The van der Waals surface area contributed by atoms with Crippen molar-refractivity contribution in [1.82, 2.24) is 18.7 Å². The average Bonchev–Trinajstić information content (AvgIpc) is 3.15. The molecule has 0 spiro atoms. The van der Waals surface area contributed by atoms with Crippen LogP contribution in [0.1, 0.15) is 24.8 Å². The van der Waals surface area contributed by atoms with Gasteiger partial charge in [0.2, 0.25) is 5.95 Å². The van der Waals surface area contributed by atoms with E-state index in [-0.39, 0.29) is 13.2 Å². The first-order valence-corrected chi connectivity index (χ1v) is 10.7. The summed E-state index contributed by atoms with van der Waals surface area (Å²) in [7, 11) is 3.07. The lowest BCUT2D eigenvalue weighted by molar-refractivity contribution is 0.0932. The number of rotatable bonds is 6. The monoisotopic (exact) mass is 427 g/mol. The van der Waals surface area contributed by atoms with Crippen LogP contribution in [-0.2, 0) is 20.6 Å². The molecule has 166 valence electrons. The molecular formula is C22H29N5O4. The summed E-state index contributed by atoms with van der Waals surface area (Å²) < 4.78 is 10.0. The molecule has 1 fully saturated rings. The number of fused-ring (bicyclic) bond motifs is 1. The van der Waals surface area contributed by atoms with Gasteiger partial charge in [-0.05, 0) is 37.8 Å². The van der Waals surface area contributed by atoms with Crippen molar-refractivity contribution in [1.29, 1.82) is 0 Å². The number of piperidine rings is 1. The fourth-order valence-electron chi connectivity index (χ4n) is 4.11. The highest BCUT2D eigenvalue weighted by Crippen LogP contribution is 2.24. The van der Waals surface area contributed by atoms with Crippen LogP contribution in [0.5, 0.6) is 5.75 Å². The van der Waals surface area contributed by atoms with Crippen molar-refractivity contribution in [3.8, 4) is 5.75 Å². The van der Waals surface area contributed by atoms with Gasteiger partial charge in [-0.15, -0.1) is 0 Å². The Morgan fingerprint density at radius 1 is 1.10 bits per heavy atom. The Labute approximate surface area is 180 Å². The molecule has 3 heterocycles. The Balaban J connectivity index is 1.71. The second-order valence-electron chi connectivity index (χ2n) is 8.18. The van der Waals surface area contributed by atoms with Gasteiger partial charge in [0.25, 0.3) is 5.56 Å². The van der Waals surface area contributed by atoms with Crippen molar-refractivity contribution in [3.63, 3.8) is 0 Å². The minimum absolute atomic E-state index is 0.0794. The molecule has 0 amide bonds. The smallest absolute Gasteiger partial charge is 0.332 e. The Morgan fingerprint density at radius 2 is 1.81 bits per heavy atom. The van der Waals surface area contributed by atoms with Crippen LogP contribution in [-0.4, -0.2) is 49.6 Å². The maximum atomic E-state index is 13.0. The van der Waals surface area contributed by atoms with Crippen molar-refractivity contribution >= 4 is 17.1 Å². The van der Waals surface area contributed by atoms with E-state index in [0.29, 0.717) is 22.9 Å². The molecule has 0 unspecified atom stereocenters. The zero-order valence-electron chi connectivity index (χ0n) is 18.2. The third-order valence-electron chi connectivity index (χ3n) is 5.88. The van der Waals surface area contributed by atoms with Gasteiger partial charge in [-0.2, -0.15) is 4.98 Å². The topological polar surface area (TPSA) is 94.5 Å². The number of imidazole rings is 1. The first-order chi connectivity index (χ1) is 14.9. The molecule has 1 aliphatic heterocycles. The number of aliphatic hydroxyl groups is 1. The minimum atomic E-state index is -0.859. The number of nitrogens with zero attached hydrogens (tertiary/aromatic N) is 5. The summed E-state index contributed by atoms with van der Waals surface area (Å²) >= 11 is 0. The van der Waals surface area contributed by atoms with Crippen LogP contribution in [0.3, 0.4) is 0 Å². The number of anilines is 1. The summed E-state index contributed by atoms with van der Waals surface area (Å²) in [6.45, 7) is 3.82. The number of hydrogen-bond acceptors (Lipinski definition) is 6. The molecule has 0 saturated carbocycles. The molecule has 4 rings (SSSR count). The maximum absolute atomic E-state index is 13.0. The first kappa shape index (κ1) is 21.2. The number of para-hydroxylation sites is 1. The standard InChI is InChI=1S/C22H29N5O4/c1-15-9-5-6-10-17(15)31-14-16(28)13-27-18-19(24(2)22(30)25(3)20(18)29)23-21(27)26-11-7-4-8-12-26/h5-6,9-10,16,28H,4,7-8,11-14H2,1-3H3/t16-/m0/s1. The van der Waals surface area contributed by atoms with Crippen LogP contribution in [0.15, 0.2) is 33.9 Å². The van der Waals surface area contributed by atoms with Crippen LogP contribution in [0.2, 0.25) is 0 Å². The quantitative estimate of drug-likeness (QED) is 0.635. The van der Waals surface area contributed by atoms with Gasteiger partial charge in [0.1, 0.15) is 18.5 Å². The van der Waals surface area contributed by atoms with E-state index in [1.165, 1.54) is 11.6 Å².